The Bertz CT molecular complexity index is 762. The minimum atomic E-state index is -0.647. The molecule has 30 heavy (non-hydrogen) atoms. The summed E-state index contributed by atoms with van der Waals surface area (Å²) in [5, 5.41) is 7.08. The van der Waals surface area contributed by atoms with E-state index in [0.29, 0.717) is 12.2 Å². The van der Waals surface area contributed by atoms with Gasteiger partial charge in [-0.3, -0.25) is 0 Å². The van der Waals surface area contributed by atoms with Gasteiger partial charge in [-0.1, -0.05) is 0 Å². The number of nitrogens with zero attached hydrogens (tertiary/aromatic N) is 4. The molecule has 9 heteroatoms. The summed E-state index contributed by atoms with van der Waals surface area (Å²) < 4.78 is 12.9. The van der Waals surface area contributed by atoms with Crippen molar-refractivity contribution in [2.75, 3.05) is 19.3 Å². The van der Waals surface area contributed by atoms with Gasteiger partial charge in [0.1, 0.15) is 17.5 Å². The molecule has 1 aromatic heterocycles. The summed E-state index contributed by atoms with van der Waals surface area (Å²) in [5.41, 5.74) is 6.22. The SMILES string of the molecule is CCN(C(=O)OC(C)(C)C)N(C)C(=O)O[C@@H]1CC[C@H](c2cc(N)n(C(C)(C)C)n2)C1. The molecule has 170 valence electrons. The van der Waals surface area contributed by atoms with Crippen LogP contribution >= 0.6 is 0 Å². The van der Waals surface area contributed by atoms with Gasteiger partial charge in [0.2, 0.25) is 0 Å². The second-order valence-electron chi connectivity index (χ2n) is 9.81. The summed E-state index contributed by atoms with van der Waals surface area (Å²) in [7, 11) is 1.51. The van der Waals surface area contributed by atoms with Crippen LogP contribution in [0.3, 0.4) is 0 Å². The molecule has 1 aliphatic carbocycles. The Kier molecular flexibility index (Phi) is 6.94. The Morgan fingerprint density at radius 2 is 1.83 bits per heavy atom. The molecule has 0 aliphatic heterocycles. The van der Waals surface area contributed by atoms with Gasteiger partial charge >= 0.3 is 12.2 Å². The number of aromatic nitrogens is 2. The number of carbonyl (C=O) groups excluding carboxylic acids is 2. The molecular formula is C21H37N5O4. The maximum absolute atomic E-state index is 12.6. The molecule has 0 radical (unpaired) electrons. The molecular weight excluding hydrogens is 386 g/mol. The largest absolute Gasteiger partial charge is 0.445 e. The molecule has 0 unspecified atom stereocenters. The Morgan fingerprint density at radius 3 is 2.33 bits per heavy atom. The predicted octanol–water partition coefficient (Wildman–Crippen LogP) is 4.10. The Hall–Kier alpha value is -2.45. The van der Waals surface area contributed by atoms with Gasteiger partial charge in [-0.15, -0.1) is 0 Å². The van der Waals surface area contributed by atoms with Crippen LogP contribution in [-0.2, 0) is 15.0 Å². The Morgan fingerprint density at radius 1 is 1.20 bits per heavy atom. The molecule has 2 atom stereocenters. The summed E-state index contributed by atoms with van der Waals surface area (Å²) >= 11 is 0. The maximum atomic E-state index is 12.6. The molecule has 0 spiro atoms. The van der Waals surface area contributed by atoms with E-state index < -0.39 is 17.8 Å². The molecule has 0 aromatic carbocycles. The number of nitrogen functional groups attached to an aromatic ring is 1. The van der Waals surface area contributed by atoms with Crippen molar-refractivity contribution >= 4 is 18.0 Å². The van der Waals surface area contributed by atoms with Gasteiger partial charge in [0.15, 0.2) is 0 Å². The third-order valence-electron chi connectivity index (χ3n) is 4.99. The first-order chi connectivity index (χ1) is 13.7. The van der Waals surface area contributed by atoms with Crippen LogP contribution in [0.4, 0.5) is 15.4 Å². The third-order valence-corrected chi connectivity index (χ3v) is 4.99. The summed E-state index contributed by atoms with van der Waals surface area (Å²) in [6, 6.07) is 1.91. The standard InChI is InChI=1S/C21H37N5O4/c1-9-25(19(28)30-21(5,6)7)24(8)18(27)29-15-11-10-14(12-15)16-13-17(22)26(23-16)20(2,3)4/h13-15H,9-12,22H2,1-8H3/t14-,15+/m0/s1. The predicted molar refractivity (Wildman–Crippen MR) is 115 cm³/mol. The average Bonchev–Trinajstić information content (AvgIpc) is 3.19. The minimum Gasteiger partial charge on any atom is -0.445 e. The van der Waals surface area contributed by atoms with Gasteiger partial charge < -0.3 is 15.2 Å². The van der Waals surface area contributed by atoms with Crippen LogP contribution in [0.15, 0.2) is 6.07 Å². The zero-order chi connectivity index (χ0) is 22.9. The highest BCUT2D eigenvalue weighted by atomic mass is 16.6. The molecule has 1 aliphatic rings. The number of hydrazine groups is 1. The van der Waals surface area contributed by atoms with Crippen LogP contribution in [0.2, 0.25) is 0 Å². The highest BCUT2D eigenvalue weighted by Crippen LogP contribution is 2.37. The highest BCUT2D eigenvalue weighted by Gasteiger charge is 2.34. The van der Waals surface area contributed by atoms with Crippen molar-refractivity contribution in [2.45, 2.75) is 90.9 Å². The van der Waals surface area contributed by atoms with Gasteiger partial charge in [0.25, 0.3) is 0 Å². The number of hydrogen-bond donors (Lipinski definition) is 1. The lowest BCUT2D eigenvalue weighted by molar-refractivity contribution is -0.0408. The van der Waals surface area contributed by atoms with E-state index in [9.17, 15) is 9.59 Å². The van der Waals surface area contributed by atoms with Gasteiger partial charge in [0, 0.05) is 25.6 Å². The molecule has 9 nitrogen and oxygen atoms in total. The third kappa shape index (κ3) is 5.79. The summed E-state index contributed by atoms with van der Waals surface area (Å²) in [6.45, 7) is 13.6. The zero-order valence-corrected chi connectivity index (χ0v) is 19.6. The van der Waals surface area contributed by atoms with Crippen LogP contribution in [0.25, 0.3) is 0 Å². The number of nitrogens with two attached hydrogens (primary N) is 1. The number of hydrogen-bond acceptors (Lipinski definition) is 6. The van der Waals surface area contributed by atoms with Crippen molar-refractivity contribution in [3.63, 3.8) is 0 Å². The summed E-state index contributed by atoms with van der Waals surface area (Å²) in [5.74, 6) is 0.820. The fourth-order valence-corrected chi connectivity index (χ4v) is 3.56. The van der Waals surface area contributed by atoms with E-state index >= 15 is 0 Å². The van der Waals surface area contributed by atoms with E-state index in [-0.39, 0.29) is 24.1 Å². The fourth-order valence-electron chi connectivity index (χ4n) is 3.56. The second kappa shape index (κ2) is 8.73. The average molecular weight is 424 g/mol. The van der Waals surface area contributed by atoms with Crippen molar-refractivity contribution in [1.82, 2.24) is 19.8 Å². The van der Waals surface area contributed by atoms with Gasteiger partial charge in [-0.05, 0) is 67.7 Å². The lowest BCUT2D eigenvalue weighted by Gasteiger charge is -2.32. The lowest BCUT2D eigenvalue weighted by Crippen LogP contribution is -2.49. The topological polar surface area (TPSA) is 103 Å². The van der Waals surface area contributed by atoms with Crippen LogP contribution in [0, 0.1) is 0 Å². The number of anilines is 1. The van der Waals surface area contributed by atoms with E-state index in [1.807, 2.05) is 10.7 Å². The number of ether oxygens (including phenoxy) is 2. The number of amides is 2. The Balaban J connectivity index is 1.98. The first kappa shape index (κ1) is 23.8. The summed E-state index contributed by atoms with van der Waals surface area (Å²) in [4.78, 5) is 25.0. The molecule has 0 saturated heterocycles. The molecule has 1 aromatic rings. The normalized spacial score (nSPS) is 19.5. The van der Waals surface area contributed by atoms with E-state index in [2.05, 4.69) is 25.9 Å². The molecule has 1 fully saturated rings. The van der Waals surface area contributed by atoms with Gasteiger partial charge in [-0.2, -0.15) is 5.10 Å². The van der Waals surface area contributed by atoms with E-state index in [4.69, 9.17) is 15.2 Å². The van der Waals surface area contributed by atoms with E-state index in [1.165, 1.54) is 17.1 Å². The maximum Gasteiger partial charge on any atom is 0.429 e. The van der Waals surface area contributed by atoms with Crippen LogP contribution in [0.1, 0.15) is 79.3 Å². The molecule has 1 heterocycles. The summed E-state index contributed by atoms with van der Waals surface area (Å²) in [6.07, 6.45) is 0.892. The smallest absolute Gasteiger partial charge is 0.429 e. The first-order valence-corrected chi connectivity index (χ1v) is 10.5. The molecule has 2 amide bonds. The van der Waals surface area contributed by atoms with E-state index in [0.717, 1.165) is 18.5 Å². The van der Waals surface area contributed by atoms with Gasteiger partial charge in [-0.25, -0.2) is 24.3 Å². The minimum absolute atomic E-state index is 0.187. The van der Waals surface area contributed by atoms with Crippen molar-refractivity contribution < 1.29 is 19.1 Å². The molecule has 1 saturated carbocycles. The Labute approximate surface area is 179 Å². The van der Waals surface area contributed by atoms with Crippen LogP contribution in [0.5, 0.6) is 0 Å². The van der Waals surface area contributed by atoms with E-state index in [1.54, 1.807) is 27.7 Å². The quantitative estimate of drug-likeness (QED) is 0.734. The molecule has 2 rings (SSSR count). The van der Waals surface area contributed by atoms with Gasteiger partial charge in [0.05, 0.1) is 11.2 Å². The molecule has 0 bridgehead atoms. The molecule has 2 N–H and O–H groups in total. The van der Waals surface area contributed by atoms with Crippen molar-refractivity contribution in [1.29, 1.82) is 0 Å². The highest BCUT2D eigenvalue weighted by molar-refractivity contribution is 5.74. The monoisotopic (exact) mass is 423 g/mol. The van der Waals surface area contributed by atoms with Crippen LogP contribution < -0.4 is 5.73 Å². The first-order valence-electron chi connectivity index (χ1n) is 10.5. The number of carbonyl (C=O) groups is 2. The van der Waals surface area contributed by atoms with Crippen molar-refractivity contribution in [3.8, 4) is 0 Å². The van der Waals surface area contributed by atoms with Crippen LogP contribution in [-0.4, -0.2) is 57.3 Å². The van der Waals surface area contributed by atoms with Crippen molar-refractivity contribution in [2.24, 2.45) is 0 Å². The number of rotatable bonds is 3. The van der Waals surface area contributed by atoms with Crippen molar-refractivity contribution in [3.05, 3.63) is 11.8 Å². The fraction of sp³-hybridized carbons (Fsp3) is 0.762. The lowest BCUT2D eigenvalue weighted by atomic mass is 10.0. The zero-order valence-electron chi connectivity index (χ0n) is 19.6. The second-order valence-corrected chi connectivity index (χ2v) is 9.81.